The van der Waals surface area contributed by atoms with Crippen molar-refractivity contribution in [3.63, 3.8) is 0 Å². The first-order valence-electron chi connectivity index (χ1n) is 0.791. The Labute approximate surface area is 44.7 Å². The minimum absolute atomic E-state index is 3.19. The predicted molar refractivity (Wildman–Crippen MR) is 25.5 cm³/mol. The molecule has 0 saturated heterocycles. The van der Waals surface area contributed by atoms with Crippen LogP contribution in [0.2, 0.25) is 0 Å². The van der Waals surface area contributed by atoms with E-state index in [0.29, 0.717) is 0 Å². The van der Waals surface area contributed by atoms with E-state index in [1.165, 1.54) is 0 Å². The van der Waals surface area contributed by atoms with Gasteiger partial charge in [0.2, 0.25) is 0 Å². The first kappa shape index (κ1) is 6.05. The summed E-state index contributed by atoms with van der Waals surface area (Å²) in [5.74, 6) is 0. The van der Waals surface area contributed by atoms with Crippen LogP contribution in [-0.2, 0) is 0 Å². The van der Waals surface area contributed by atoms with Crippen molar-refractivity contribution in [1.82, 2.24) is 0 Å². The topological polar surface area (TPSA) is 20.2 Å². The Bertz CT molecular complexity index is 22.4. The summed E-state index contributed by atoms with van der Waals surface area (Å²) in [6.45, 7) is 0. The second kappa shape index (κ2) is 1.66. The van der Waals surface area contributed by atoms with Gasteiger partial charge in [0.05, 0.1) is 0 Å². The molecule has 0 aromatic rings. The quantitative estimate of drug-likeness (QED) is 0.407. The molecule has 0 rings (SSSR count). The minimum atomic E-state index is -3.19. The molecule has 1 N–H and O–H groups in total. The highest BCUT2D eigenvalue weighted by Crippen LogP contribution is 2.13. The van der Waals surface area contributed by atoms with Gasteiger partial charge in [-0.1, -0.05) is 33.2 Å². The Kier molecular flexibility index (Phi) is 2.01. The van der Waals surface area contributed by atoms with Gasteiger partial charge in [-0.3, -0.25) is 0 Å². The molecule has 0 aromatic carbocycles. The maximum Gasteiger partial charge on any atom is 0.491 e. The van der Waals surface area contributed by atoms with Crippen molar-refractivity contribution in [2.24, 2.45) is 0 Å². The highest BCUT2D eigenvalue weighted by Gasteiger charge is 2.19. The normalized spacial score (nSPS) is 12.0. The van der Waals surface area contributed by atoms with Gasteiger partial charge < -0.3 is 4.80 Å². The van der Waals surface area contributed by atoms with Crippen molar-refractivity contribution in [2.75, 3.05) is 0 Å². The molecule has 1 nitrogen and oxygen atoms in total. The van der Waals surface area contributed by atoms with E-state index in [-0.39, 0.29) is 0 Å². The van der Waals surface area contributed by atoms with Crippen LogP contribution in [0.3, 0.4) is 0 Å². The van der Waals surface area contributed by atoms with Gasteiger partial charge in [-0.25, -0.2) is 0 Å². The lowest BCUT2D eigenvalue weighted by atomic mass is 15.9. The molecule has 0 aliphatic rings. The molecule has 5 heteroatoms. The fourth-order valence-electron chi connectivity index (χ4n) is 0. The Balaban J connectivity index is 3.02. The summed E-state index contributed by atoms with van der Waals surface area (Å²) in [5, 5.41) is 0. The lowest BCUT2D eigenvalue weighted by Crippen LogP contribution is -2.05. The minimum Gasteiger partial charge on any atom is -0.397 e. The largest absolute Gasteiger partial charge is 0.491 e. The van der Waals surface area contributed by atoms with Crippen LogP contribution < -0.4 is 0 Å². The van der Waals surface area contributed by atoms with Gasteiger partial charge in [0, 0.05) is 0 Å². The zero-order chi connectivity index (χ0) is 4.50. The van der Waals surface area contributed by atoms with E-state index in [9.17, 15) is 0 Å². The fourth-order valence-corrected chi connectivity index (χ4v) is 0. The average Bonchev–Trinajstić information content (AvgIpc) is 0.722. The fraction of sp³-hybridized carbons (Fsp3) is 0. The third kappa shape index (κ3) is 42.8. The Morgan fingerprint density at radius 2 is 1.20 bits per heavy atom. The molecule has 0 radical (unpaired) electrons. The van der Waals surface area contributed by atoms with Crippen LogP contribution in [0.1, 0.15) is 0 Å². The molecule has 0 aromatic heterocycles. The molecule has 0 bridgehead atoms. The van der Waals surface area contributed by atoms with E-state index in [0.717, 1.165) is 0 Å². The van der Waals surface area contributed by atoms with Gasteiger partial charge >= 0.3 is 6.25 Å². The second-order valence-corrected chi connectivity index (χ2v) is 8.07. The van der Waals surface area contributed by atoms with Crippen molar-refractivity contribution < 1.29 is 4.80 Å². The average molecular weight is 151 g/mol. The van der Waals surface area contributed by atoms with Gasteiger partial charge in [-0.15, -0.1) is 0 Å². The van der Waals surface area contributed by atoms with Gasteiger partial charge in [0.25, 0.3) is 0 Å². The summed E-state index contributed by atoms with van der Waals surface area (Å²) in [6, 6.07) is 0. The molecule has 0 amide bonds. The molecule has 5 heavy (non-hydrogen) atoms. The van der Waals surface area contributed by atoms with E-state index in [2.05, 4.69) is 0 Å². The summed E-state index contributed by atoms with van der Waals surface area (Å²) in [7, 11) is 0. The summed E-state index contributed by atoms with van der Waals surface area (Å²) in [4.78, 5) is 7.96. The maximum absolute atomic E-state index is 7.96. The Hall–Kier alpha value is 1.05. The van der Waals surface area contributed by atoms with E-state index in [1.807, 2.05) is 0 Å². The smallest absolute Gasteiger partial charge is 0.397 e. The summed E-state index contributed by atoms with van der Waals surface area (Å²) in [6.07, 6.45) is -3.19. The molecule has 0 saturated carbocycles. The van der Waals surface area contributed by atoms with E-state index in [1.54, 1.807) is 0 Å². The second-order valence-electron chi connectivity index (χ2n) is 0.468. The highest BCUT2D eigenvalue weighted by molar-refractivity contribution is 7.61. The first-order chi connectivity index (χ1) is 2.00. The van der Waals surface area contributed by atoms with Crippen molar-refractivity contribution >= 4 is 39.5 Å². The molecule has 0 unspecified atom stereocenters. The van der Waals surface area contributed by atoms with E-state index >= 15 is 0 Å². The van der Waals surface area contributed by atoms with Gasteiger partial charge in [-0.2, -0.15) is 0 Å². The lowest BCUT2D eigenvalue weighted by molar-refractivity contribution is 0.606. The van der Waals surface area contributed by atoms with E-state index < -0.39 is 6.25 Å². The van der Waals surface area contributed by atoms with Crippen molar-refractivity contribution in [3.8, 4) is 0 Å². The molecular weight excluding hydrogens is 150 g/mol. The standard InChI is InChI=1S/Cl3HOSi/c1-5(2,3)4/h4H. The summed E-state index contributed by atoms with van der Waals surface area (Å²) in [5.41, 5.74) is 0. The van der Waals surface area contributed by atoms with Crippen LogP contribution in [0.5, 0.6) is 0 Å². The molecule has 0 fully saturated rings. The molecule has 0 atom stereocenters. The number of hydrogen-bond acceptors (Lipinski definition) is 1. The van der Waals surface area contributed by atoms with Crippen LogP contribution >= 0.6 is 33.2 Å². The monoisotopic (exact) mass is 150 g/mol. The number of hydrogen-bond donors (Lipinski definition) is 1. The third-order valence-electron chi connectivity index (χ3n) is 0. The maximum atomic E-state index is 7.96. The molecule has 32 valence electrons. The summed E-state index contributed by atoms with van der Waals surface area (Å²) < 4.78 is 0. The zero-order valence-corrected chi connectivity index (χ0v) is 5.35. The van der Waals surface area contributed by atoms with Gasteiger partial charge in [-0.05, 0) is 0 Å². The third-order valence-corrected chi connectivity index (χ3v) is 0. The van der Waals surface area contributed by atoms with Crippen molar-refractivity contribution in [2.45, 2.75) is 0 Å². The van der Waals surface area contributed by atoms with Crippen molar-refractivity contribution in [1.29, 1.82) is 0 Å². The molecule has 0 aliphatic carbocycles. The van der Waals surface area contributed by atoms with Gasteiger partial charge in [0.15, 0.2) is 0 Å². The predicted octanol–water partition coefficient (Wildman–Crippen LogP) is 1.13. The number of rotatable bonds is 0. The SMILES string of the molecule is O[Si](Cl)(Cl)Cl. The Morgan fingerprint density at radius 3 is 1.20 bits per heavy atom. The molecule has 0 heterocycles. The van der Waals surface area contributed by atoms with Crippen molar-refractivity contribution in [3.05, 3.63) is 0 Å². The zero-order valence-electron chi connectivity index (χ0n) is 2.08. The molecule has 0 spiro atoms. The van der Waals surface area contributed by atoms with Crippen LogP contribution in [-0.4, -0.2) is 11.0 Å². The van der Waals surface area contributed by atoms with Crippen LogP contribution in [0, 0.1) is 0 Å². The van der Waals surface area contributed by atoms with Crippen LogP contribution in [0.15, 0.2) is 0 Å². The number of halogens is 3. The van der Waals surface area contributed by atoms with Crippen LogP contribution in [0.25, 0.3) is 0 Å². The Morgan fingerprint density at radius 1 is 1.20 bits per heavy atom. The van der Waals surface area contributed by atoms with Crippen LogP contribution in [0.4, 0.5) is 0 Å². The lowest BCUT2D eigenvalue weighted by Gasteiger charge is -1.87. The van der Waals surface area contributed by atoms with Gasteiger partial charge in [0.1, 0.15) is 0 Å². The highest BCUT2D eigenvalue weighted by atomic mass is 35.8. The summed E-state index contributed by atoms with van der Waals surface area (Å²) >= 11 is 14.3. The molecular formula is HCl3OSi. The first-order valence-corrected chi connectivity index (χ1v) is 5.77. The van der Waals surface area contributed by atoms with E-state index in [4.69, 9.17) is 38.0 Å². The molecule has 0 aliphatic heterocycles.